The summed E-state index contributed by atoms with van der Waals surface area (Å²) in [6, 6.07) is 9.45. The Balaban J connectivity index is 1.34. The smallest absolute Gasteiger partial charge is 0.122 e. The van der Waals surface area contributed by atoms with E-state index in [0.717, 1.165) is 30.2 Å². The minimum atomic E-state index is 0.643. The summed E-state index contributed by atoms with van der Waals surface area (Å²) in [6.07, 6.45) is 6.99. The van der Waals surface area contributed by atoms with Crippen LogP contribution >= 0.6 is 0 Å². The van der Waals surface area contributed by atoms with Gasteiger partial charge >= 0.3 is 0 Å². The fourth-order valence-corrected chi connectivity index (χ4v) is 3.61. The van der Waals surface area contributed by atoms with Crippen LogP contribution in [0.1, 0.15) is 43.6 Å². The molecule has 0 bridgehead atoms. The summed E-state index contributed by atoms with van der Waals surface area (Å²) in [5, 5.41) is 3.70. The van der Waals surface area contributed by atoms with Crippen molar-refractivity contribution in [3.63, 3.8) is 0 Å². The fraction of sp³-hybridized carbons (Fsp3) is 0.647. The number of rotatable bonds is 5. The average molecular weight is 257 g/mol. The van der Waals surface area contributed by atoms with E-state index in [1.54, 1.807) is 0 Å². The van der Waals surface area contributed by atoms with Crippen LogP contribution in [0.25, 0.3) is 0 Å². The Morgan fingerprint density at radius 1 is 1.05 bits per heavy atom. The third-order valence-electron chi connectivity index (χ3n) is 5.21. The zero-order chi connectivity index (χ0) is 12.7. The van der Waals surface area contributed by atoms with E-state index in [1.165, 1.54) is 44.2 Å². The number of benzene rings is 1. The summed E-state index contributed by atoms with van der Waals surface area (Å²) < 4.78 is 5.81. The molecule has 1 aromatic rings. The summed E-state index contributed by atoms with van der Waals surface area (Å²) in [7, 11) is 0. The zero-order valence-corrected chi connectivity index (χ0v) is 11.5. The first-order valence-corrected chi connectivity index (χ1v) is 7.85. The average Bonchev–Trinajstić information content (AvgIpc) is 3.15. The molecule has 1 aromatic carbocycles. The van der Waals surface area contributed by atoms with Gasteiger partial charge < -0.3 is 10.1 Å². The molecule has 0 saturated heterocycles. The van der Waals surface area contributed by atoms with Gasteiger partial charge in [0.2, 0.25) is 0 Å². The van der Waals surface area contributed by atoms with Gasteiger partial charge in [-0.1, -0.05) is 18.2 Å². The van der Waals surface area contributed by atoms with Crippen LogP contribution in [0.2, 0.25) is 0 Å². The van der Waals surface area contributed by atoms with Gasteiger partial charge in [-0.05, 0) is 56.6 Å². The maximum absolute atomic E-state index is 5.81. The highest BCUT2D eigenvalue weighted by molar-refractivity contribution is 5.39. The zero-order valence-electron chi connectivity index (χ0n) is 11.5. The van der Waals surface area contributed by atoms with Gasteiger partial charge in [-0.2, -0.15) is 0 Å². The molecule has 3 unspecified atom stereocenters. The van der Waals surface area contributed by atoms with E-state index >= 15 is 0 Å². The van der Waals surface area contributed by atoms with Crippen molar-refractivity contribution in [3.8, 4) is 5.75 Å². The van der Waals surface area contributed by atoms with Gasteiger partial charge in [-0.25, -0.2) is 0 Å². The topological polar surface area (TPSA) is 21.3 Å². The Hall–Kier alpha value is -1.02. The van der Waals surface area contributed by atoms with Crippen molar-refractivity contribution < 1.29 is 4.74 Å². The summed E-state index contributed by atoms with van der Waals surface area (Å²) >= 11 is 0. The van der Waals surface area contributed by atoms with Crippen molar-refractivity contribution in [3.05, 3.63) is 29.8 Å². The highest BCUT2D eigenvalue weighted by Crippen LogP contribution is 2.44. The lowest BCUT2D eigenvalue weighted by Crippen LogP contribution is -2.37. The second kappa shape index (κ2) is 4.82. The monoisotopic (exact) mass is 257 g/mol. The standard InChI is InChI=1S/C17H23NO/c1-2-4-17-16(3-1)14(11-19-17)9-12-5-6-13(12)10-18-15-7-8-15/h1-4,12-15,18H,5-11H2. The quantitative estimate of drug-likeness (QED) is 0.873. The lowest BCUT2D eigenvalue weighted by Gasteiger charge is -2.38. The Morgan fingerprint density at radius 3 is 2.68 bits per heavy atom. The highest BCUT2D eigenvalue weighted by atomic mass is 16.5. The molecule has 2 nitrogen and oxygen atoms in total. The molecule has 0 aromatic heterocycles. The van der Waals surface area contributed by atoms with Crippen LogP contribution in [0.5, 0.6) is 5.75 Å². The molecule has 3 aliphatic rings. The molecule has 1 N–H and O–H groups in total. The molecule has 102 valence electrons. The largest absolute Gasteiger partial charge is 0.493 e. The van der Waals surface area contributed by atoms with Crippen molar-refractivity contribution >= 4 is 0 Å². The molecule has 0 radical (unpaired) electrons. The van der Waals surface area contributed by atoms with Crippen LogP contribution in [-0.2, 0) is 0 Å². The predicted molar refractivity (Wildman–Crippen MR) is 76.5 cm³/mol. The Labute approximate surface area is 115 Å². The number of hydrogen-bond donors (Lipinski definition) is 1. The van der Waals surface area contributed by atoms with E-state index in [2.05, 4.69) is 29.6 Å². The first-order chi connectivity index (χ1) is 9.40. The minimum Gasteiger partial charge on any atom is -0.493 e. The van der Waals surface area contributed by atoms with Crippen molar-refractivity contribution in [2.24, 2.45) is 11.8 Å². The van der Waals surface area contributed by atoms with Gasteiger partial charge in [0, 0.05) is 17.5 Å². The van der Waals surface area contributed by atoms with Crippen molar-refractivity contribution in [2.75, 3.05) is 13.2 Å². The highest BCUT2D eigenvalue weighted by Gasteiger charge is 2.36. The third kappa shape index (κ3) is 2.38. The number of fused-ring (bicyclic) bond motifs is 1. The van der Waals surface area contributed by atoms with Gasteiger partial charge in [0.15, 0.2) is 0 Å². The number of para-hydroxylation sites is 1. The van der Waals surface area contributed by atoms with Gasteiger partial charge in [-0.15, -0.1) is 0 Å². The maximum Gasteiger partial charge on any atom is 0.122 e. The van der Waals surface area contributed by atoms with Crippen LogP contribution in [0, 0.1) is 11.8 Å². The van der Waals surface area contributed by atoms with Crippen LogP contribution in [0.3, 0.4) is 0 Å². The SMILES string of the molecule is c1ccc2c(c1)OCC2CC1CCC1CNC1CC1. The van der Waals surface area contributed by atoms with E-state index in [0.29, 0.717) is 5.92 Å². The van der Waals surface area contributed by atoms with Crippen LogP contribution in [0.15, 0.2) is 24.3 Å². The van der Waals surface area contributed by atoms with Gasteiger partial charge in [0.1, 0.15) is 5.75 Å². The van der Waals surface area contributed by atoms with E-state index in [1.807, 2.05) is 0 Å². The molecular formula is C17H23NO. The first-order valence-electron chi connectivity index (χ1n) is 7.85. The molecule has 2 aliphatic carbocycles. The fourth-order valence-electron chi connectivity index (χ4n) is 3.61. The molecule has 19 heavy (non-hydrogen) atoms. The normalized spacial score (nSPS) is 32.5. The second-order valence-electron chi connectivity index (χ2n) is 6.56. The Bertz CT molecular complexity index is 454. The minimum absolute atomic E-state index is 0.643. The first kappa shape index (κ1) is 11.8. The maximum atomic E-state index is 5.81. The molecular weight excluding hydrogens is 234 g/mol. The van der Waals surface area contributed by atoms with Gasteiger partial charge in [0.05, 0.1) is 6.61 Å². The van der Waals surface area contributed by atoms with E-state index in [-0.39, 0.29) is 0 Å². The number of nitrogens with one attached hydrogen (secondary N) is 1. The van der Waals surface area contributed by atoms with Crippen LogP contribution in [0.4, 0.5) is 0 Å². The summed E-state index contributed by atoms with van der Waals surface area (Å²) in [4.78, 5) is 0. The molecule has 4 rings (SSSR count). The van der Waals surface area contributed by atoms with E-state index < -0.39 is 0 Å². The van der Waals surface area contributed by atoms with E-state index in [9.17, 15) is 0 Å². The molecule has 2 saturated carbocycles. The van der Waals surface area contributed by atoms with Gasteiger partial charge in [-0.3, -0.25) is 0 Å². The van der Waals surface area contributed by atoms with Crippen molar-refractivity contribution in [1.82, 2.24) is 5.32 Å². The Kier molecular flexibility index (Phi) is 2.99. The predicted octanol–water partition coefficient (Wildman–Crippen LogP) is 3.33. The van der Waals surface area contributed by atoms with Gasteiger partial charge in [0.25, 0.3) is 0 Å². The molecule has 1 aliphatic heterocycles. The third-order valence-corrected chi connectivity index (χ3v) is 5.21. The van der Waals surface area contributed by atoms with Crippen LogP contribution in [-0.4, -0.2) is 19.2 Å². The van der Waals surface area contributed by atoms with Crippen molar-refractivity contribution in [2.45, 2.75) is 44.1 Å². The Morgan fingerprint density at radius 2 is 1.89 bits per heavy atom. The van der Waals surface area contributed by atoms with E-state index in [4.69, 9.17) is 4.74 Å². The lowest BCUT2D eigenvalue weighted by atomic mass is 9.69. The summed E-state index contributed by atoms with van der Waals surface area (Å²) in [5.41, 5.74) is 1.45. The number of ether oxygens (including phenoxy) is 1. The van der Waals surface area contributed by atoms with Crippen LogP contribution < -0.4 is 10.1 Å². The molecule has 3 atom stereocenters. The second-order valence-corrected chi connectivity index (χ2v) is 6.56. The molecule has 1 heterocycles. The molecule has 0 spiro atoms. The summed E-state index contributed by atoms with van der Waals surface area (Å²) in [5.74, 6) is 3.61. The molecule has 2 heteroatoms. The summed E-state index contributed by atoms with van der Waals surface area (Å²) in [6.45, 7) is 2.16. The molecule has 2 fully saturated rings. The lowest BCUT2D eigenvalue weighted by molar-refractivity contribution is 0.144. The number of hydrogen-bond acceptors (Lipinski definition) is 2. The molecule has 0 amide bonds. The van der Waals surface area contributed by atoms with Crippen molar-refractivity contribution in [1.29, 1.82) is 0 Å².